The van der Waals surface area contributed by atoms with Crippen molar-refractivity contribution in [3.8, 4) is 5.75 Å². The predicted molar refractivity (Wildman–Crippen MR) is 95.7 cm³/mol. The van der Waals surface area contributed by atoms with Gasteiger partial charge in [0.2, 0.25) is 5.91 Å². The van der Waals surface area contributed by atoms with Crippen molar-refractivity contribution in [1.82, 2.24) is 15.5 Å². The monoisotopic (exact) mass is 345 g/mol. The Hall–Kier alpha value is -2.08. The van der Waals surface area contributed by atoms with Crippen LogP contribution in [-0.4, -0.2) is 48.6 Å². The fraction of sp³-hybridized carbons (Fsp3) is 0.579. The Morgan fingerprint density at radius 2 is 1.88 bits per heavy atom. The number of urea groups is 1. The van der Waals surface area contributed by atoms with Crippen LogP contribution in [-0.2, 0) is 4.79 Å². The third-order valence-corrected chi connectivity index (χ3v) is 4.70. The highest BCUT2D eigenvalue weighted by Gasteiger charge is 2.25. The number of carbonyl (C=O) groups is 2. The average Bonchev–Trinajstić information content (AvgIpc) is 3.36. The molecule has 2 aliphatic rings. The van der Waals surface area contributed by atoms with E-state index in [0.717, 1.165) is 50.1 Å². The first-order chi connectivity index (χ1) is 12.0. The SMILES string of the molecule is Cc1ccc(C)c(OC2CCN(CC(=O)NC(=O)NC3CC3)CC2)c1. The van der Waals surface area contributed by atoms with Crippen molar-refractivity contribution < 1.29 is 14.3 Å². The number of imide groups is 1. The molecular weight excluding hydrogens is 318 g/mol. The van der Waals surface area contributed by atoms with Gasteiger partial charge in [-0.25, -0.2) is 4.79 Å². The maximum atomic E-state index is 11.9. The standard InChI is InChI=1S/C19H27N3O3/c1-13-3-4-14(2)17(11-13)25-16-7-9-22(10-8-16)12-18(23)21-19(24)20-15-5-6-15/h3-4,11,15-16H,5-10,12H2,1-2H3,(H2,20,21,23,24). The molecule has 0 aromatic heterocycles. The third kappa shape index (κ3) is 5.46. The molecule has 1 saturated carbocycles. The van der Waals surface area contributed by atoms with Gasteiger partial charge in [0.05, 0.1) is 6.54 Å². The van der Waals surface area contributed by atoms with E-state index >= 15 is 0 Å². The number of rotatable bonds is 5. The molecule has 2 N–H and O–H groups in total. The molecule has 25 heavy (non-hydrogen) atoms. The van der Waals surface area contributed by atoms with Crippen molar-refractivity contribution in [2.75, 3.05) is 19.6 Å². The molecule has 2 fully saturated rings. The maximum absolute atomic E-state index is 11.9. The zero-order chi connectivity index (χ0) is 17.8. The lowest BCUT2D eigenvalue weighted by molar-refractivity contribution is -0.121. The molecular formula is C19H27N3O3. The fourth-order valence-corrected chi connectivity index (χ4v) is 3.02. The molecule has 136 valence electrons. The maximum Gasteiger partial charge on any atom is 0.321 e. The van der Waals surface area contributed by atoms with Gasteiger partial charge in [0.25, 0.3) is 0 Å². The number of benzene rings is 1. The molecule has 1 heterocycles. The fourth-order valence-electron chi connectivity index (χ4n) is 3.02. The Bertz CT molecular complexity index is 635. The van der Waals surface area contributed by atoms with Gasteiger partial charge in [-0.05, 0) is 56.7 Å². The summed E-state index contributed by atoms with van der Waals surface area (Å²) in [5.41, 5.74) is 2.34. The van der Waals surface area contributed by atoms with E-state index in [0.29, 0.717) is 0 Å². The van der Waals surface area contributed by atoms with E-state index in [-0.39, 0.29) is 30.6 Å². The second-order valence-electron chi connectivity index (χ2n) is 7.16. The first-order valence-electron chi connectivity index (χ1n) is 9.06. The van der Waals surface area contributed by atoms with E-state index in [1.54, 1.807) is 0 Å². The minimum atomic E-state index is -0.374. The minimum absolute atomic E-state index is 0.179. The molecule has 1 aromatic rings. The number of piperidine rings is 1. The predicted octanol–water partition coefficient (Wildman–Crippen LogP) is 2.13. The van der Waals surface area contributed by atoms with Crippen LogP contribution in [0.5, 0.6) is 5.75 Å². The highest BCUT2D eigenvalue weighted by Crippen LogP contribution is 2.24. The molecule has 0 radical (unpaired) electrons. The summed E-state index contributed by atoms with van der Waals surface area (Å²) in [6.45, 7) is 5.97. The van der Waals surface area contributed by atoms with Crippen LogP contribution in [0.1, 0.15) is 36.8 Å². The summed E-state index contributed by atoms with van der Waals surface area (Å²) in [6.07, 6.45) is 3.97. The molecule has 0 unspecified atom stereocenters. The lowest BCUT2D eigenvalue weighted by atomic mass is 10.1. The third-order valence-electron chi connectivity index (χ3n) is 4.70. The van der Waals surface area contributed by atoms with Gasteiger partial charge >= 0.3 is 6.03 Å². The number of amides is 3. The van der Waals surface area contributed by atoms with Gasteiger partial charge in [-0.3, -0.25) is 15.0 Å². The Balaban J connectivity index is 1.40. The Kier molecular flexibility index (Phi) is 5.58. The lowest BCUT2D eigenvalue weighted by Crippen LogP contribution is -2.47. The molecule has 1 aliphatic heterocycles. The molecule has 1 aliphatic carbocycles. The van der Waals surface area contributed by atoms with Crippen molar-refractivity contribution >= 4 is 11.9 Å². The average molecular weight is 345 g/mol. The van der Waals surface area contributed by atoms with Crippen LogP contribution in [0, 0.1) is 13.8 Å². The number of hydrogen-bond acceptors (Lipinski definition) is 4. The zero-order valence-corrected chi connectivity index (χ0v) is 15.0. The van der Waals surface area contributed by atoms with Gasteiger partial charge in [0.1, 0.15) is 11.9 Å². The Morgan fingerprint density at radius 1 is 1.16 bits per heavy atom. The molecule has 1 aromatic carbocycles. The van der Waals surface area contributed by atoms with Gasteiger partial charge in [-0.15, -0.1) is 0 Å². The van der Waals surface area contributed by atoms with E-state index in [2.05, 4.69) is 47.6 Å². The number of nitrogens with one attached hydrogen (secondary N) is 2. The molecule has 0 atom stereocenters. The highest BCUT2D eigenvalue weighted by atomic mass is 16.5. The summed E-state index contributed by atoms with van der Waals surface area (Å²) >= 11 is 0. The van der Waals surface area contributed by atoms with Gasteiger partial charge in [0, 0.05) is 19.1 Å². The van der Waals surface area contributed by atoms with E-state index in [1.165, 1.54) is 5.56 Å². The smallest absolute Gasteiger partial charge is 0.321 e. The number of hydrogen-bond donors (Lipinski definition) is 2. The van der Waals surface area contributed by atoms with Crippen LogP contribution in [0.3, 0.4) is 0 Å². The summed E-state index contributed by atoms with van der Waals surface area (Å²) in [5.74, 6) is 0.708. The summed E-state index contributed by atoms with van der Waals surface area (Å²) in [4.78, 5) is 25.6. The molecule has 0 bridgehead atoms. The first kappa shape index (κ1) is 17.7. The molecule has 0 spiro atoms. The molecule has 6 heteroatoms. The van der Waals surface area contributed by atoms with Gasteiger partial charge in [-0.2, -0.15) is 0 Å². The Labute approximate surface area is 148 Å². The van der Waals surface area contributed by atoms with Crippen LogP contribution in [0.15, 0.2) is 18.2 Å². The van der Waals surface area contributed by atoms with Gasteiger partial charge in [-0.1, -0.05) is 12.1 Å². The number of nitrogens with zero attached hydrogens (tertiary/aromatic N) is 1. The van der Waals surface area contributed by atoms with Crippen molar-refractivity contribution in [3.05, 3.63) is 29.3 Å². The second kappa shape index (κ2) is 7.87. The first-order valence-corrected chi connectivity index (χ1v) is 9.06. The van der Waals surface area contributed by atoms with Crippen LogP contribution < -0.4 is 15.4 Å². The van der Waals surface area contributed by atoms with Crippen molar-refractivity contribution in [3.63, 3.8) is 0 Å². The van der Waals surface area contributed by atoms with Crippen LogP contribution in [0.2, 0.25) is 0 Å². The molecule has 1 saturated heterocycles. The quantitative estimate of drug-likeness (QED) is 0.858. The van der Waals surface area contributed by atoms with Crippen LogP contribution >= 0.6 is 0 Å². The van der Waals surface area contributed by atoms with E-state index in [1.807, 2.05) is 0 Å². The highest BCUT2D eigenvalue weighted by molar-refractivity contribution is 5.95. The second-order valence-corrected chi connectivity index (χ2v) is 7.16. The topological polar surface area (TPSA) is 70.7 Å². The van der Waals surface area contributed by atoms with Crippen molar-refractivity contribution in [2.45, 2.75) is 51.7 Å². The van der Waals surface area contributed by atoms with E-state index in [4.69, 9.17) is 4.74 Å². The van der Waals surface area contributed by atoms with Crippen molar-refractivity contribution in [2.24, 2.45) is 0 Å². The van der Waals surface area contributed by atoms with Gasteiger partial charge < -0.3 is 10.1 Å². The zero-order valence-electron chi connectivity index (χ0n) is 15.0. The van der Waals surface area contributed by atoms with E-state index < -0.39 is 0 Å². The number of carbonyl (C=O) groups excluding carboxylic acids is 2. The minimum Gasteiger partial charge on any atom is -0.490 e. The van der Waals surface area contributed by atoms with Crippen molar-refractivity contribution in [1.29, 1.82) is 0 Å². The normalized spacial score (nSPS) is 18.6. The molecule has 3 rings (SSSR count). The Morgan fingerprint density at radius 3 is 2.56 bits per heavy atom. The van der Waals surface area contributed by atoms with Crippen LogP contribution in [0.4, 0.5) is 4.79 Å². The lowest BCUT2D eigenvalue weighted by Gasteiger charge is -2.32. The molecule has 6 nitrogen and oxygen atoms in total. The van der Waals surface area contributed by atoms with E-state index in [9.17, 15) is 9.59 Å². The summed E-state index contributed by atoms with van der Waals surface area (Å²) in [6, 6.07) is 6.12. The number of ether oxygens (including phenoxy) is 1. The molecule has 3 amide bonds. The number of likely N-dealkylation sites (tertiary alicyclic amines) is 1. The largest absolute Gasteiger partial charge is 0.490 e. The van der Waals surface area contributed by atoms with Gasteiger partial charge in [0.15, 0.2) is 0 Å². The van der Waals surface area contributed by atoms with Crippen LogP contribution in [0.25, 0.3) is 0 Å². The number of aryl methyl sites for hydroxylation is 2. The summed E-state index contributed by atoms with van der Waals surface area (Å²) in [7, 11) is 0. The summed E-state index contributed by atoms with van der Waals surface area (Å²) in [5, 5.41) is 5.16. The summed E-state index contributed by atoms with van der Waals surface area (Å²) < 4.78 is 6.14.